The molecule has 142 valence electrons. The molecule has 1 aromatic rings. The van der Waals surface area contributed by atoms with Gasteiger partial charge >= 0.3 is 0 Å². The zero-order chi connectivity index (χ0) is 18.1. The van der Waals surface area contributed by atoms with E-state index in [0.717, 1.165) is 25.9 Å². The van der Waals surface area contributed by atoms with Crippen LogP contribution in [-0.4, -0.2) is 43.1 Å². The smallest absolute Gasteiger partial charge is 0.209 e. The van der Waals surface area contributed by atoms with Crippen molar-refractivity contribution in [2.24, 2.45) is 16.5 Å². The van der Waals surface area contributed by atoms with Gasteiger partial charge in [-0.05, 0) is 57.3 Å². The van der Waals surface area contributed by atoms with E-state index in [0.29, 0.717) is 17.3 Å². The normalized spacial score (nSPS) is 30.2. The number of benzene rings is 1. The van der Waals surface area contributed by atoms with Gasteiger partial charge in [0.15, 0.2) is 0 Å². The van der Waals surface area contributed by atoms with Crippen LogP contribution in [0.1, 0.15) is 37.7 Å². The molecule has 2 atom stereocenters. The number of anilines is 1. The van der Waals surface area contributed by atoms with Crippen LogP contribution in [0.2, 0.25) is 0 Å². The van der Waals surface area contributed by atoms with Crippen LogP contribution in [0.4, 0.5) is 10.1 Å². The second kappa shape index (κ2) is 7.02. The highest BCUT2D eigenvalue weighted by atomic mass is 19.1. The highest BCUT2D eigenvalue weighted by molar-refractivity contribution is 5.79. The number of nitrogens with two attached hydrogens (primary N) is 2. The molecule has 2 saturated heterocycles. The third-order valence-corrected chi connectivity index (χ3v) is 5.76. The Balaban J connectivity index is 1.47. The van der Waals surface area contributed by atoms with Gasteiger partial charge in [0.05, 0.1) is 5.69 Å². The van der Waals surface area contributed by atoms with Crippen molar-refractivity contribution in [1.29, 1.82) is 0 Å². The largest absolute Gasteiger partial charge is 0.369 e. The summed E-state index contributed by atoms with van der Waals surface area (Å²) in [5.74, 6) is -1.31. The van der Waals surface area contributed by atoms with Crippen molar-refractivity contribution >= 4 is 11.6 Å². The van der Waals surface area contributed by atoms with E-state index in [9.17, 15) is 4.39 Å². The van der Waals surface area contributed by atoms with Gasteiger partial charge in [0.2, 0.25) is 11.7 Å². The second-order valence-electron chi connectivity index (χ2n) is 7.49. The molecule has 2 fully saturated rings. The highest BCUT2D eigenvalue weighted by Crippen LogP contribution is 2.29. The first-order valence-electron chi connectivity index (χ1n) is 9.51. The first-order chi connectivity index (χ1) is 12.5. The van der Waals surface area contributed by atoms with E-state index in [1.54, 1.807) is 6.07 Å². The number of guanidine groups is 1. The van der Waals surface area contributed by atoms with Crippen molar-refractivity contribution in [2.45, 2.75) is 43.9 Å². The van der Waals surface area contributed by atoms with E-state index < -0.39 is 5.79 Å². The lowest BCUT2D eigenvalue weighted by Gasteiger charge is -2.27. The standard InChI is InChI=1S/C18H28FN7/c19-15-12-13(18(21)22-17(20)23-24-18)5-6-16(15)26-10-3-4-14(7-11-26)25-8-1-2-9-25/h5-6,12,14,24H,1-4,7-11,21H2,(H3,20,22,23). The summed E-state index contributed by atoms with van der Waals surface area (Å²) < 4.78 is 14.9. The number of nitrogens with zero attached hydrogens (tertiary/aromatic N) is 3. The van der Waals surface area contributed by atoms with E-state index in [1.165, 1.54) is 38.4 Å². The molecule has 0 spiro atoms. The van der Waals surface area contributed by atoms with Crippen molar-refractivity contribution in [2.75, 3.05) is 31.1 Å². The first kappa shape index (κ1) is 17.5. The van der Waals surface area contributed by atoms with Crippen LogP contribution in [0.5, 0.6) is 0 Å². The lowest BCUT2D eigenvalue weighted by atomic mass is 10.1. The zero-order valence-corrected chi connectivity index (χ0v) is 15.0. The van der Waals surface area contributed by atoms with E-state index in [1.807, 2.05) is 6.07 Å². The quantitative estimate of drug-likeness (QED) is 0.635. The van der Waals surface area contributed by atoms with E-state index in [2.05, 4.69) is 25.6 Å². The summed E-state index contributed by atoms with van der Waals surface area (Å²) in [6, 6.07) is 5.72. The van der Waals surface area contributed by atoms with Gasteiger partial charge in [0, 0.05) is 24.7 Å². The Morgan fingerprint density at radius 3 is 2.62 bits per heavy atom. The molecular weight excluding hydrogens is 333 g/mol. The van der Waals surface area contributed by atoms with E-state index in [-0.39, 0.29) is 11.8 Å². The van der Waals surface area contributed by atoms with Gasteiger partial charge in [-0.3, -0.25) is 11.2 Å². The number of aliphatic imine (C=N–C) groups is 1. The summed E-state index contributed by atoms with van der Waals surface area (Å²) >= 11 is 0. The summed E-state index contributed by atoms with van der Waals surface area (Å²) in [4.78, 5) is 8.88. The Kier molecular flexibility index (Phi) is 4.73. The molecule has 0 aliphatic carbocycles. The molecule has 4 rings (SSSR count). The summed E-state index contributed by atoms with van der Waals surface area (Å²) in [5.41, 5.74) is 18.4. The van der Waals surface area contributed by atoms with Gasteiger partial charge in [-0.2, -0.15) is 5.43 Å². The van der Waals surface area contributed by atoms with Gasteiger partial charge in [-0.25, -0.2) is 9.38 Å². The summed E-state index contributed by atoms with van der Waals surface area (Å²) in [5, 5.41) is 0. The molecule has 8 heteroatoms. The third kappa shape index (κ3) is 3.36. The fourth-order valence-electron chi connectivity index (χ4n) is 4.33. The number of halogens is 1. The molecule has 0 amide bonds. The number of nitrogens with one attached hydrogen (secondary N) is 2. The van der Waals surface area contributed by atoms with Gasteiger partial charge in [-0.1, -0.05) is 6.07 Å². The lowest BCUT2D eigenvalue weighted by molar-refractivity contribution is 0.225. The fraction of sp³-hybridized carbons (Fsp3) is 0.611. The van der Waals surface area contributed by atoms with Crippen molar-refractivity contribution in [1.82, 2.24) is 15.8 Å². The molecule has 3 aliphatic heterocycles. The van der Waals surface area contributed by atoms with Crippen LogP contribution in [0.15, 0.2) is 23.2 Å². The van der Waals surface area contributed by atoms with E-state index >= 15 is 0 Å². The first-order valence-corrected chi connectivity index (χ1v) is 9.51. The molecule has 2 unspecified atom stereocenters. The summed E-state index contributed by atoms with van der Waals surface area (Å²) in [7, 11) is 0. The minimum atomic E-state index is -1.23. The fourth-order valence-corrected chi connectivity index (χ4v) is 4.33. The van der Waals surface area contributed by atoms with E-state index in [4.69, 9.17) is 11.5 Å². The van der Waals surface area contributed by atoms with Crippen LogP contribution in [0, 0.1) is 5.82 Å². The predicted molar refractivity (Wildman–Crippen MR) is 101 cm³/mol. The lowest BCUT2D eigenvalue weighted by Crippen LogP contribution is -2.50. The SMILES string of the molecule is NC1=NC(N)(c2ccc(N3CCCC(N4CCCC4)CC3)c(F)c2)NN1. The second-order valence-corrected chi connectivity index (χ2v) is 7.49. The monoisotopic (exact) mass is 361 g/mol. The number of likely N-dealkylation sites (tertiary alicyclic amines) is 1. The van der Waals surface area contributed by atoms with Crippen LogP contribution in [-0.2, 0) is 5.79 Å². The third-order valence-electron chi connectivity index (χ3n) is 5.76. The van der Waals surface area contributed by atoms with Crippen molar-refractivity contribution in [3.05, 3.63) is 29.6 Å². The van der Waals surface area contributed by atoms with Crippen LogP contribution in [0.3, 0.4) is 0 Å². The molecular formula is C18H28FN7. The predicted octanol–water partition coefficient (Wildman–Crippen LogP) is 0.772. The molecule has 0 bridgehead atoms. The Hall–Kier alpha value is -1.90. The van der Waals surface area contributed by atoms with Gasteiger partial charge in [0.1, 0.15) is 5.82 Å². The zero-order valence-electron chi connectivity index (χ0n) is 15.0. The molecule has 3 aliphatic rings. The molecule has 1 aromatic carbocycles. The number of hydrogen-bond acceptors (Lipinski definition) is 7. The van der Waals surface area contributed by atoms with Crippen LogP contribution in [0.25, 0.3) is 0 Å². The molecule has 6 N–H and O–H groups in total. The minimum absolute atomic E-state index is 0.192. The molecule has 0 saturated carbocycles. The number of rotatable bonds is 3. The maximum atomic E-state index is 14.9. The molecule has 3 heterocycles. The highest BCUT2D eigenvalue weighted by Gasteiger charge is 2.32. The van der Waals surface area contributed by atoms with Crippen molar-refractivity contribution in [3.63, 3.8) is 0 Å². The average Bonchev–Trinajstić information content (AvgIpc) is 3.20. The minimum Gasteiger partial charge on any atom is -0.369 e. The summed E-state index contributed by atoms with van der Waals surface area (Å²) in [6.45, 7) is 4.21. The Bertz CT molecular complexity index is 688. The average molecular weight is 361 g/mol. The Morgan fingerprint density at radius 1 is 1.12 bits per heavy atom. The van der Waals surface area contributed by atoms with Crippen molar-refractivity contribution in [3.8, 4) is 0 Å². The molecule has 7 nitrogen and oxygen atoms in total. The Morgan fingerprint density at radius 2 is 1.92 bits per heavy atom. The summed E-state index contributed by atoms with van der Waals surface area (Å²) in [6.07, 6.45) is 6.01. The van der Waals surface area contributed by atoms with Gasteiger partial charge < -0.3 is 15.5 Å². The maximum Gasteiger partial charge on any atom is 0.209 e. The number of hydrazine groups is 1. The van der Waals surface area contributed by atoms with Crippen molar-refractivity contribution < 1.29 is 4.39 Å². The van der Waals surface area contributed by atoms with Crippen LogP contribution < -0.4 is 27.2 Å². The maximum absolute atomic E-state index is 14.9. The Labute approximate surface area is 153 Å². The molecule has 0 radical (unpaired) electrons. The van der Waals surface area contributed by atoms with Gasteiger partial charge in [0.25, 0.3) is 0 Å². The van der Waals surface area contributed by atoms with Crippen LogP contribution >= 0.6 is 0 Å². The van der Waals surface area contributed by atoms with Gasteiger partial charge in [-0.15, -0.1) is 0 Å². The molecule has 0 aromatic heterocycles. The topological polar surface area (TPSA) is 94.9 Å². The number of hydrogen-bond donors (Lipinski definition) is 4. The molecule has 26 heavy (non-hydrogen) atoms.